The zero-order valence-electron chi connectivity index (χ0n) is 13.2. The van der Waals surface area contributed by atoms with Crippen LogP contribution in [0.2, 0.25) is 0 Å². The number of aromatic nitrogens is 1. The summed E-state index contributed by atoms with van der Waals surface area (Å²) in [7, 11) is 0. The van der Waals surface area contributed by atoms with Gasteiger partial charge in [-0.3, -0.25) is 4.79 Å². The fraction of sp³-hybridized carbons (Fsp3) is 0.222. The van der Waals surface area contributed by atoms with Gasteiger partial charge in [-0.05, 0) is 36.2 Å². The Bertz CT molecular complexity index is 812. The summed E-state index contributed by atoms with van der Waals surface area (Å²) in [6, 6.07) is 15.1. The average molecular weight is 347 g/mol. The summed E-state index contributed by atoms with van der Waals surface area (Å²) in [4.78, 5) is 15.7. The van der Waals surface area contributed by atoms with Gasteiger partial charge in [0.25, 0.3) is 0 Å². The lowest BCUT2D eigenvalue weighted by Gasteiger charge is -2.22. The summed E-state index contributed by atoms with van der Waals surface area (Å²) in [5.41, 5.74) is 7.97. The highest BCUT2D eigenvalue weighted by Crippen LogP contribution is 2.25. The highest BCUT2D eigenvalue weighted by Gasteiger charge is 2.31. The van der Waals surface area contributed by atoms with Crippen molar-refractivity contribution < 1.29 is 14.3 Å². The van der Waals surface area contributed by atoms with E-state index in [0.717, 1.165) is 22.2 Å². The third kappa shape index (κ3) is 3.42. The number of carboxylic acids is 1. The molecular formula is C18H19ClN2O3. The minimum absolute atomic E-state index is 0. The molecule has 1 atom stereocenters. The molecule has 0 spiro atoms. The number of rotatable bonds is 5. The number of oxazole rings is 1. The van der Waals surface area contributed by atoms with Crippen molar-refractivity contribution in [1.82, 2.24) is 4.98 Å². The van der Waals surface area contributed by atoms with Gasteiger partial charge in [-0.25, -0.2) is 4.98 Å². The Morgan fingerprint density at radius 3 is 2.46 bits per heavy atom. The van der Waals surface area contributed by atoms with Gasteiger partial charge in [0.05, 0.1) is 0 Å². The van der Waals surface area contributed by atoms with Crippen LogP contribution in [0.5, 0.6) is 0 Å². The summed E-state index contributed by atoms with van der Waals surface area (Å²) in [6.07, 6.45) is 0.655. The van der Waals surface area contributed by atoms with Crippen LogP contribution in [-0.4, -0.2) is 21.6 Å². The van der Waals surface area contributed by atoms with Crippen molar-refractivity contribution in [2.24, 2.45) is 5.73 Å². The average Bonchev–Trinajstić information content (AvgIpc) is 2.99. The first kappa shape index (κ1) is 18.0. The predicted molar refractivity (Wildman–Crippen MR) is 95.2 cm³/mol. The van der Waals surface area contributed by atoms with E-state index in [0.29, 0.717) is 12.3 Å². The van der Waals surface area contributed by atoms with E-state index in [4.69, 9.17) is 10.2 Å². The molecule has 5 nitrogen and oxygen atoms in total. The predicted octanol–water partition coefficient (Wildman–Crippen LogP) is 3.65. The van der Waals surface area contributed by atoms with Crippen LogP contribution in [0, 0.1) is 0 Å². The number of aliphatic carboxylic acids is 1. The van der Waals surface area contributed by atoms with Gasteiger partial charge in [-0.1, -0.05) is 31.2 Å². The van der Waals surface area contributed by atoms with Gasteiger partial charge in [-0.15, -0.1) is 12.4 Å². The molecule has 0 amide bonds. The number of para-hydroxylation sites is 2. The second-order valence-electron chi connectivity index (χ2n) is 5.68. The fourth-order valence-corrected chi connectivity index (χ4v) is 2.48. The number of fused-ring (bicyclic) bond motifs is 1. The van der Waals surface area contributed by atoms with E-state index in [1.54, 1.807) is 6.92 Å². The van der Waals surface area contributed by atoms with Gasteiger partial charge in [0.15, 0.2) is 5.58 Å². The lowest BCUT2D eigenvalue weighted by molar-refractivity contribution is -0.143. The molecule has 126 valence electrons. The van der Waals surface area contributed by atoms with Crippen LogP contribution in [0.25, 0.3) is 22.6 Å². The normalized spacial score (nSPS) is 13.2. The Hall–Kier alpha value is -2.37. The summed E-state index contributed by atoms with van der Waals surface area (Å²) in [5, 5.41) is 9.26. The number of hydrogen-bond donors (Lipinski definition) is 2. The molecule has 24 heavy (non-hydrogen) atoms. The molecular weight excluding hydrogens is 328 g/mol. The van der Waals surface area contributed by atoms with Gasteiger partial charge < -0.3 is 15.3 Å². The highest BCUT2D eigenvalue weighted by atomic mass is 35.5. The van der Waals surface area contributed by atoms with Crippen molar-refractivity contribution in [2.45, 2.75) is 25.3 Å². The fourth-order valence-electron chi connectivity index (χ4n) is 2.48. The van der Waals surface area contributed by atoms with Crippen molar-refractivity contribution >= 4 is 29.5 Å². The molecule has 0 saturated heterocycles. The van der Waals surface area contributed by atoms with Crippen LogP contribution in [0.15, 0.2) is 52.9 Å². The second-order valence-corrected chi connectivity index (χ2v) is 5.68. The highest BCUT2D eigenvalue weighted by molar-refractivity contribution is 5.85. The van der Waals surface area contributed by atoms with Crippen molar-refractivity contribution in [3.8, 4) is 11.5 Å². The Morgan fingerprint density at radius 2 is 1.88 bits per heavy atom. The maximum atomic E-state index is 11.3. The van der Waals surface area contributed by atoms with Crippen molar-refractivity contribution in [3.63, 3.8) is 0 Å². The monoisotopic (exact) mass is 346 g/mol. The quantitative estimate of drug-likeness (QED) is 0.736. The Kier molecular flexibility index (Phi) is 5.26. The SMILES string of the molecule is CCC(N)(Cc1ccc(-c2nc3ccccc3o2)cc1)C(=O)O.Cl. The minimum atomic E-state index is -1.24. The number of benzene rings is 2. The van der Waals surface area contributed by atoms with Gasteiger partial charge >= 0.3 is 5.97 Å². The molecule has 0 aliphatic rings. The van der Waals surface area contributed by atoms with Crippen LogP contribution in [0.3, 0.4) is 0 Å². The summed E-state index contributed by atoms with van der Waals surface area (Å²) in [6.45, 7) is 1.78. The zero-order valence-corrected chi connectivity index (χ0v) is 14.0. The summed E-state index contributed by atoms with van der Waals surface area (Å²) in [5.74, 6) is -0.437. The number of nitrogens with two attached hydrogens (primary N) is 1. The third-order valence-electron chi connectivity index (χ3n) is 4.07. The van der Waals surface area contributed by atoms with Crippen LogP contribution in [0.4, 0.5) is 0 Å². The molecule has 1 aromatic heterocycles. The van der Waals surface area contributed by atoms with E-state index >= 15 is 0 Å². The van der Waals surface area contributed by atoms with Gasteiger partial charge in [0.1, 0.15) is 11.1 Å². The Balaban J connectivity index is 0.00000208. The van der Waals surface area contributed by atoms with Gasteiger partial charge in [-0.2, -0.15) is 0 Å². The van der Waals surface area contributed by atoms with E-state index in [9.17, 15) is 9.90 Å². The first-order valence-electron chi connectivity index (χ1n) is 7.49. The third-order valence-corrected chi connectivity index (χ3v) is 4.07. The Labute approximate surface area is 145 Å². The van der Waals surface area contributed by atoms with Gasteiger partial charge in [0.2, 0.25) is 5.89 Å². The van der Waals surface area contributed by atoms with Crippen LogP contribution in [-0.2, 0) is 11.2 Å². The maximum absolute atomic E-state index is 11.3. The second kappa shape index (κ2) is 7.03. The molecule has 0 radical (unpaired) electrons. The lowest BCUT2D eigenvalue weighted by atomic mass is 9.89. The number of carboxylic acid groups (broad SMARTS) is 1. The first-order valence-corrected chi connectivity index (χ1v) is 7.49. The van der Waals surface area contributed by atoms with Crippen molar-refractivity contribution in [2.75, 3.05) is 0 Å². The molecule has 3 rings (SSSR count). The molecule has 0 bridgehead atoms. The van der Waals surface area contributed by atoms with Crippen LogP contribution >= 0.6 is 12.4 Å². The molecule has 2 aromatic carbocycles. The van der Waals surface area contributed by atoms with E-state index in [1.165, 1.54) is 0 Å². The molecule has 1 unspecified atom stereocenters. The molecule has 0 aliphatic carbocycles. The van der Waals surface area contributed by atoms with E-state index in [1.807, 2.05) is 48.5 Å². The van der Waals surface area contributed by atoms with E-state index in [2.05, 4.69) is 4.98 Å². The summed E-state index contributed by atoms with van der Waals surface area (Å²) >= 11 is 0. The van der Waals surface area contributed by atoms with Crippen LogP contribution in [0.1, 0.15) is 18.9 Å². The first-order chi connectivity index (χ1) is 11.0. The Morgan fingerprint density at radius 1 is 1.21 bits per heavy atom. The summed E-state index contributed by atoms with van der Waals surface area (Å²) < 4.78 is 5.72. The topological polar surface area (TPSA) is 89.4 Å². The molecule has 3 N–H and O–H groups in total. The van der Waals surface area contributed by atoms with Crippen LogP contribution < -0.4 is 5.73 Å². The van der Waals surface area contributed by atoms with E-state index in [-0.39, 0.29) is 18.8 Å². The standard InChI is InChI=1S/C18H18N2O3.ClH/c1-2-18(19,17(21)22)11-12-7-9-13(10-8-12)16-20-14-5-3-4-6-15(14)23-16;/h3-10H,2,11,19H2,1H3,(H,21,22);1H. The number of carbonyl (C=O) groups is 1. The largest absolute Gasteiger partial charge is 0.480 e. The number of nitrogens with zero attached hydrogens (tertiary/aromatic N) is 1. The number of hydrogen-bond acceptors (Lipinski definition) is 4. The molecule has 0 fully saturated rings. The number of halogens is 1. The molecule has 6 heteroatoms. The molecule has 0 aliphatic heterocycles. The minimum Gasteiger partial charge on any atom is -0.480 e. The smallest absolute Gasteiger partial charge is 0.324 e. The van der Waals surface area contributed by atoms with E-state index < -0.39 is 11.5 Å². The van der Waals surface area contributed by atoms with Gasteiger partial charge in [0, 0.05) is 12.0 Å². The van der Waals surface area contributed by atoms with Crippen molar-refractivity contribution in [1.29, 1.82) is 0 Å². The zero-order chi connectivity index (χ0) is 16.4. The van der Waals surface area contributed by atoms with Crippen molar-refractivity contribution in [3.05, 3.63) is 54.1 Å². The lowest BCUT2D eigenvalue weighted by Crippen LogP contribution is -2.49. The molecule has 0 saturated carbocycles. The molecule has 1 heterocycles. The maximum Gasteiger partial charge on any atom is 0.324 e. The molecule has 3 aromatic rings.